The highest BCUT2D eigenvalue weighted by Gasteiger charge is 2.22. The van der Waals surface area contributed by atoms with Crippen LogP contribution in [-0.2, 0) is 6.54 Å². The first-order chi connectivity index (χ1) is 7.69. The third kappa shape index (κ3) is 2.59. The maximum atomic E-state index is 8.80. The topological polar surface area (TPSA) is 48.7 Å². The second-order valence-corrected chi connectivity index (χ2v) is 5.30. The molecule has 4 nitrogen and oxygen atoms in total. The first-order valence-electron chi connectivity index (χ1n) is 5.53. The van der Waals surface area contributed by atoms with Crippen LogP contribution in [0.5, 0.6) is 0 Å². The average Bonchev–Trinajstić information content (AvgIpc) is 2.64. The molecule has 0 saturated carbocycles. The van der Waals surface area contributed by atoms with Crippen LogP contribution in [0.3, 0.4) is 0 Å². The number of oxime groups is 1. The normalized spacial score (nSPS) is 25.1. The second kappa shape index (κ2) is 4.93. The van der Waals surface area contributed by atoms with E-state index in [2.05, 4.69) is 27.3 Å². The summed E-state index contributed by atoms with van der Waals surface area (Å²) in [6.07, 6.45) is 0.863. The Morgan fingerprint density at radius 2 is 2.50 bits per heavy atom. The minimum atomic E-state index is 0.347. The van der Waals surface area contributed by atoms with E-state index in [-0.39, 0.29) is 0 Å². The van der Waals surface area contributed by atoms with E-state index in [1.54, 1.807) is 11.3 Å². The molecule has 0 bridgehead atoms. The Balaban J connectivity index is 1.93. The Kier molecular flexibility index (Phi) is 3.56. The Hall–Kier alpha value is -0.940. The maximum absolute atomic E-state index is 8.80. The lowest BCUT2D eigenvalue weighted by molar-refractivity contribution is 0.228. The Morgan fingerprint density at radius 3 is 3.06 bits per heavy atom. The molecule has 88 valence electrons. The van der Waals surface area contributed by atoms with Crippen molar-refractivity contribution >= 4 is 17.0 Å². The molecule has 2 heterocycles. The molecule has 1 aromatic heterocycles. The third-order valence-electron chi connectivity index (χ3n) is 2.94. The van der Waals surface area contributed by atoms with E-state index in [9.17, 15) is 0 Å². The van der Waals surface area contributed by atoms with Gasteiger partial charge in [-0.1, -0.05) is 12.1 Å². The summed E-state index contributed by atoms with van der Waals surface area (Å²) in [5.41, 5.74) is 2.02. The summed E-state index contributed by atoms with van der Waals surface area (Å²) in [6, 6.07) is 0. The molecule has 0 spiro atoms. The summed E-state index contributed by atoms with van der Waals surface area (Å²) < 4.78 is 0. The lowest BCUT2D eigenvalue weighted by Gasteiger charge is -2.30. The number of thiazole rings is 1. The van der Waals surface area contributed by atoms with E-state index >= 15 is 0 Å². The number of nitrogens with zero attached hydrogens (tertiary/aromatic N) is 3. The van der Waals surface area contributed by atoms with Gasteiger partial charge in [-0.05, 0) is 6.92 Å². The lowest BCUT2D eigenvalue weighted by atomic mass is 9.98. The van der Waals surface area contributed by atoms with Gasteiger partial charge >= 0.3 is 0 Å². The van der Waals surface area contributed by atoms with Crippen molar-refractivity contribution in [3.05, 3.63) is 16.1 Å². The number of hydrogen-bond acceptors (Lipinski definition) is 5. The number of aromatic nitrogens is 1. The molecule has 1 aliphatic heterocycles. The van der Waals surface area contributed by atoms with Gasteiger partial charge < -0.3 is 5.21 Å². The number of likely N-dealkylation sites (tertiary alicyclic amines) is 1. The molecule has 5 heteroatoms. The first-order valence-corrected chi connectivity index (χ1v) is 6.41. The highest BCUT2D eigenvalue weighted by Crippen LogP contribution is 2.18. The molecule has 1 atom stereocenters. The fourth-order valence-corrected chi connectivity index (χ4v) is 2.87. The Bertz CT molecular complexity index is 388. The summed E-state index contributed by atoms with van der Waals surface area (Å²) in [6.45, 7) is 6.96. The quantitative estimate of drug-likeness (QED) is 0.635. The zero-order valence-corrected chi connectivity index (χ0v) is 10.5. The van der Waals surface area contributed by atoms with Gasteiger partial charge in [-0.2, -0.15) is 0 Å². The predicted molar refractivity (Wildman–Crippen MR) is 65.1 cm³/mol. The SMILES string of the molecule is Cc1csc(CN2CCC(=NO)C(C)C2)n1. The molecule has 0 aliphatic carbocycles. The third-order valence-corrected chi connectivity index (χ3v) is 3.89. The van der Waals surface area contributed by atoms with Crippen LogP contribution in [0.2, 0.25) is 0 Å². The molecular weight excluding hydrogens is 222 g/mol. The van der Waals surface area contributed by atoms with Crippen molar-refractivity contribution in [1.82, 2.24) is 9.88 Å². The van der Waals surface area contributed by atoms with Gasteiger partial charge in [0, 0.05) is 36.5 Å². The van der Waals surface area contributed by atoms with Gasteiger partial charge in [-0.25, -0.2) is 4.98 Å². The fourth-order valence-electron chi connectivity index (χ4n) is 2.06. The zero-order chi connectivity index (χ0) is 11.5. The maximum Gasteiger partial charge on any atom is 0.107 e. The van der Waals surface area contributed by atoms with Crippen LogP contribution in [0.25, 0.3) is 0 Å². The molecule has 1 saturated heterocycles. The molecular formula is C11H17N3OS. The molecule has 1 N–H and O–H groups in total. The Labute approximate surface area is 99.6 Å². The van der Waals surface area contributed by atoms with Crippen molar-refractivity contribution in [3.8, 4) is 0 Å². The number of rotatable bonds is 2. The Morgan fingerprint density at radius 1 is 1.69 bits per heavy atom. The van der Waals surface area contributed by atoms with Crippen molar-refractivity contribution in [2.24, 2.45) is 11.1 Å². The van der Waals surface area contributed by atoms with Gasteiger partial charge in [0.05, 0.1) is 12.3 Å². The van der Waals surface area contributed by atoms with Crippen molar-refractivity contribution in [2.75, 3.05) is 13.1 Å². The highest BCUT2D eigenvalue weighted by atomic mass is 32.1. The smallest absolute Gasteiger partial charge is 0.107 e. The van der Waals surface area contributed by atoms with Gasteiger partial charge in [0.25, 0.3) is 0 Å². The van der Waals surface area contributed by atoms with E-state index in [0.29, 0.717) is 5.92 Å². The molecule has 1 fully saturated rings. The number of piperidine rings is 1. The van der Waals surface area contributed by atoms with E-state index < -0.39 is 0 Å². The fraction of sp³-hybridized carbons (Fsp3) is 0.636. The largest absolute Gasteiger partial charge is 0.411 e. The number of aryl methyl sites for hydroxylation is 1. The van der Waals surface area contributed by atoms with Gasteiger partial charge in [0.1, 0.15) is 5.01 Å². The van der Waals surface area contributed by atoms with Crippen LogP contribution in [0, 0.1) is 12.8 Å². The van der Waals surface area contributed by atoms with Crippen molar-refractivity contribution in [2.45, 2.75) is 26.8 Å². The summed E-state index contributed by atoms with van der Waals surface area (Å²) in [7, 11) is 0. The second-order valence-electron chi connectivity index (χ2n) is 4.36. The zero-order valence-electron chi connectivity index (χ0n) is 9.68. The van der Waals surface area contributed by atoms with E-state index in [1.807, 2.05) is 6.92 Å². The summed E-state index contributed by atoms with van der Waals surface area (Å²) in [5, 5.41) is 15.4. The summed E-state index contributed by atoms with van der Waals surface area (Å²) in [5.74, 6) is 0.347. The molecule has 0 amide bonds. The lowest BCUT2D eigenvalue weighted by Crippen LogP contribution is -2.39. The van der Waals surface area contributed by atoms with Gasteiger partial charge in [0.2, 0.25) is 0 Å². The standard InChI is InChI=1S/C11H17N3OS/c1-8-5-14(4-3-10(8)13-15)6-11-12-9(2)7-16-11/h7-8,15H,3-6H2,1-2H3. The molecule has 1 unspecified atom stereocenters. The van der Waals surface area contributed by atoms with Crippen molar-refractivity contribution < 1.29 is 5.21 Å². The minimum absolute atomic E-state index is 0.347. The van der Waals surface area contributed by atoms with E-state index in [0.717, 1.165) is 37.5 Å². The van der Waals surface area contributed by atoms with Crippen LogP contribution in [0.4, 0.5) is 0 Å². The van der Waals surface area contributed by atoms with Crippen LogP contribution >= 0.6 is 11.3 Å². The molecule has 16 heavy (non-hydrogen) atoms. The molecule has 1 aliphatic rings. The summed E-state index contributed by atoms with van der Waals surface area (Å²) >= 11 is 1.72. The molecule has 2 rings (SSSR count). The molecule has 0 radical (unpaired) electrons. The van der Waals surface area contributed by atoms with Gasteiger partial charge in [-0.3, -0.25) is 4.90 Å². The van der Waals surface area contributed by atoms with Crippen LogP contribution < -0.4 is 0 Å². The molecule has 0 aromatic carbocycles. The van der Waals surface area contributed by atoms with E-state index in [1.165, 1.54) is 5.01 Å². The van der Waals surface area contributed by atoms with Crippen LogP contribution in [-0.4, -0.2) is 33.9 Å². The predicted octanol–water partition coefficient (Wildman–Crippen LogP) is 2.12. The van der Waals surface area contributed by atoms with Crippen molar-refractivity contribution in [3.63, 3.8) is 0 Å². The monoisotopic (exact) mass is 239 g/mol. The first kappa shape index (κ1) is 11.5. The van der Waals surface area contributed by atoms with Gasteiger partial charge in [0.15, 0.2) is 0 Å². The minimum Gasteiger partial charge on any atom is -0.411 e. The highest BCUT2D eigenvalue weighted by molar-refractivity contribution is 7.09. The summed E-state index contributed by atoms with van der Waals surface area (Å²) in [4.78, 5) is 6.84. The number of hydrogen-bond donors (Lipinski definition) is 1. The van der Waals surface area contributed by atoms with Crippen LogP contribution in [0.15, 0.2) is 10.5 Å². The van der Waals surface area contributed by atoms with Crippen LogP contribution in [0.1, 0.15) is 24.0 Å². The molecule has 1 aromatic rings. The van der Waals surface area contributed by atoms with Crippen molar-refractivity contribution in [1.29, 1.82) is 0 Å². The van der Waals surface area contributed by atoms with E-state index in [4.69, 9.17) is 5.21 Å². The average molecular weight is 239 g/mol. The van der Waals surface area contributed by atoms with Gasteiger partial charge in [-0.15, -0.1) is 11.3 Å².